The molecule has 0 aromatic carbocycles. The lowest BCUT2D eigenvalue weighted by Crippen LogP contribution is -2.41. The third-order valence-electron chi connectivity index (χ3n) is 4.19. The first-order chi connectivity index (χ1) is 6.58. The predicted molar refractivity (Wildman–Crippen MR) is 53.6 cm³/mol. The average molecular weight is 202 g/mol. The van der Waals surface area contributed by atoms with Gasteiger partial charge in [0.1, 0.15) is 12.3 Å². The van der Waals surface area contributed by atoms with Gasteiger partial charge in [-0.1, -0.05) is 13.8 Å². The molecule has 0 radical (unpaired) electrons. The van der Waals surface area contributed by atoms with E-state index in [0.717, 1.165) is 12.8 Å². The van der Waals surface area contributed by atoms with E-state index in [2.05, 4.69) is 6.92 Å². The van der Waals surface area contributed by atoms with E-state index in [4.69, 9.17) is 0 Å². The highest BCUT2D eigenvalue weighted by molar-refractivity contribution is 4.92. The van der Waals surface area contributed by atoms with Gasteiger partial charge < -0.3 is 0 Å². The zero-order valence-electron chi connectivity index (χ0n) is 9.05. The SMILES string of the molecule is CC1CC(F)C2CC(C)C(F)CC2C1. The van der Waals surface area contributed by atoms with Crippen LogP contribution in [0.5, 0.6) is 0 Å². The smallest absolute Gasteiger partial charge is 0.103 e. The first-order valence-corrected chi connectivity index (χ1v) is 5.86. The molecule has 0 nitrogen and oxygen atoms in total. The minimum absolute atomic E-state index is 0.0721. The molecule has 2 aliphatic rings. The van der Waals surface area contributed by atoms with Gasteiger partial charge in [-0.2, -0.15) is 0 Å². The molecule has 2 fully saturated rings. The fraction of sp³-hybridized carbons (Fsp3) is 1.00. The van der Waals surface area contributed by atoms with Crippen LogP contribution in [0.2, 0.25) is 0 Å². The Morgan fingerprint density at radius 2 is 1.57 bits per heavy atom. The minimum atomic E-state index is -0.686. The first kappa shape index (κ1) is 10.4. The van der Waals surface area contributed by atoms with Crippen LogP contribution in [0, 0.1) is 23.7 Å². The van der Waals surface area contributed by atoms with Gasteiger partial charge in [0.15, 0.2) is 0 Å². The number of fused-ring (bicyclic) bond motifs is 1. The Kier molecular flexibility index (Phi) is 2.81. The Morgan fingerprint density at radius 3 is 2.29 bits per heavy atom. The highest BCUT2D eigenvalue weighted by atomic mass is 19.1. The van der Waals surface area contributed by atoms with E-state index < -0.39 is 12.3 Å². The highest BCUT2D eigenvalue weighted by Crippen LogP contribution is 2.46. The van der Waals surface area contributed by atoms with Gasteiger partial charge in [0, 0.05) is 0 Å². The van der Waals surface area contributed by atoms with E-state index in [1.165, 1.54) is 0 Å². The van der Waals surface area contributed by atoms with Crippen molar-refractivity contribution in [1.82, 2.24) is 0 Å². The van der Waals surface area contributed by atoms with Crippen molar-refractivity contribution in [2.75, 3.05) is 0 Å². The molecule has 2 rings (SSSR count). The molecule has 0 amide bonds. The average Bonchev–Trinajstić information content (AvgIpc) is 2.08. The van der Waals surface area contributed by atoms with E-state index in [-0.39, 0.29) is 11.8 Å². The Bertz CT molecular complexity index is 204. The van der Waals surface area contributed by atoms with Gasteiger partial charge in [0.05, 0.1) is 0 Å². The van der Waals surface area contributed by atoms with Crippen LogP contribution in [0.25, 0.3) is 0 Å². The maximum Gasteiger partial charge on any atom is 0.103 e. The van der Waals surface area contributed by atoms with Gasteiger partial charge in [-0.3, -0.25) is 0 Å². The second-order valence-corrected chi connectivity index (χ2v) is 5.48. The lowest BCUT2D eigenvalue weighted by Gasteiger charge is -2.43. The molecule has 0 heterocycles. The second kappa shape index (κ2) is 3.79. The van der Waals surface area contributed by atoms with Crippen LogP contribution in [-0.2, 0) is 0 Å². The Labute approximate surface area is 85.1 Å². The molecule has 2 heteroatoms. The number of alkyl halides is 2. The van der Waals surface area contributed by atoms with Crippen molar-refractivity contribution < 1.29 is 8.78 Å². The van der Waals surface area contributed by atoms with Gasteiger partial charge in [-0.25, -0.2) is 8.78 Å². The van der Waals surface area contributed by atoms with Crippen molar-refractivity contribution in [3.05, 3.63) is 0 Å². The molecule has 0 saturated heterocycles. The van der Waals surface area contributed by atoms with E-state index in [9.17, 15) is 8.78 Å². The molecule has 82 valence electrons. The van der Waals surface area contributed by atoms with Gasteiger partial charge in [-0.05, 0) is 49.4 Å². The van der Waals surface area contributed by atoms with E-state index >= 15 is 0 Å². The summed E-state index contributed by atoms with van der Waals surface area (Å²) in [5, 5.41) is 0. The predicted octanol–water partition coefficient (Wildman–Crippen LogP) is 3.75. The van der Waals surface area contributed by atoms with Gasteiger partial charge in [0.25, 0.3) is 0 Å². The van der Waals surface area contributed by atoms with Crippen molar-refractivity contribution >= 4 is 0 Å². The number of rotatable bonds is 0. The molecule has 14 heavy (non-hydrogen) atoms. The van der Waals surface area contributed by atoms with Gasteiger partial charge in [-0.15, -0.1) is 0 Å². The monoisotopic (exact) mass is 202 g/mol. The van der Waals surface area contributed by atoms with Crippen LogP contribution in [0.15, 0.2) is 0 Å². The molecule has 2 saturated carbocycles. The fourth-order valence-electron chi connectivity index (χ4n) is 3.35. The Morgan fingerprint density at radius 1 is 0.857 bits per heavy atom. The molecular formula is C12H20F2. The molecule has 0 aromatic rings. The summed E-state index contributed by atoms with van der Waals surface area (Å²) in [6.07, 6.45) is 1.76. The number of hydrogen-bond acceptors (Lipinski definition) is 0. The largest absolute Gasteiger partial charge is 0.247 e. The zero-order chi connectivity index (χ0) is 10.3. The van der Waals surface area contributed by atoms with Crippen LogP contribution in [0.4, 0.5) is 8.78 Å². The summed E-state index contributed by atoms with van der Waals surface area (Å²) in [5.41, 5.74) is 0. The van der Waals surface area contributed by atoms with Crippen molar-refractivity contribution in [2.45, 2.75) is 51.9 Å². The maximum absolute atomic E-state index is 13.7. The summed E-state index contributed by atoms with van der Waals surface area (Å²) in [6, 6.07) is 0. The molecule has 2 aliphatic carbocycles. The quantitative estimate of drug-likeness (QED) is 0.561. The van der Waals surface area contributed by atoms with Crippen LogP contribution in [-0.4, -0.2) is 12.3 Å². The molecule has 6 atom stereocenters. The second-order valence-electron chi connectivity index (χ2n) is 5.48. The summed E-state index contributed by atoms with van der Waals surface area (Å²) in [7, 11) is 0. The Hall–Kier alpha value is -0.140. The van der Waals surface area contributed by atoms with Crippen molar-refractivity contribution in [3.63, 3.8) is 0 Å². The summed E-state index contributed by atoms with van der Waals surface area (Å²) < 4.78 is 27.2. The van der Waals surface area contributed by atoms with E-state index in [0.29, 0.717) is 24.7 Å². The molecule has 0 aromatic heterocycles. The molecule has 0 aliphatic heterocycles. The van der Waals surface area contributed by atoms with E-state index in [1.54, 1.807) is 0 Å². The third kappa shape index (κ3) is 1.80. The lowest BCUT2D eigenvalue weighted by atomic mass is 9.64. The van der Waals surface area contributed by atoms with Crippen molar-refractivity contribution in [1.29, 1.82) is 0 Å². The van der Waals surface area contributed by atoms with Crippen molar-refractivity contribution in [2.24, 2.45) is 23.7 Å². The van der Waals surface area contributed by atoms with Gasteiger partial charge >= 0.3 is 0 Å². The third-order valence-corrected chi connectivity index (χ3v) is 4.19. The number of halogens is 2. The zero-order valence-corrected chi connectivity index (χ0v) is 9.05. The molecule has 6 unspecified atom stereocenters. The first-order valence-electron chi connectivity index (χ1n) is 5.86. The summed E-state index contributed by atoms with van der Waals surface area (Å²) >= 11 is 0. The Balaban J connectivity index is 2.06. The van der Waals surface area contributed by atoms with E-state index in [1.807, 2.05) is 6.92 Å². The topological polar surface area (TPSA) is 0 Å². The van der Waals surface area contributed by atoms with Crippen molar-refractivity contribution in [3.8, 4) is 0 Å². The fourth-order valence-corrected chi connectivity index (χ4v) is 3.35. The summed E-state index contributed by atoms with van der Waals surface area (Å²) in [4.78, 5) is 0. The highest BCUT2D eigenvalue weighted by Gasteiger charge is 2.43. The lowest BCUT2D eigenvalue weighted by molar-refractivity contribution is -0.00640. The van der Waals surface area contributed by atoms with Crippen LogP contribution in [0.3, 0.4) is 0 Å². The molecule has 0 spiro atoms. The molecular weight excluding hydrogens is 182 g/mol. The standard InChI is InChI=1S/C12H20F2/c1-7-3-9-6-11(13)8(2)5-10(9)12(14)4-7/h7-12H,3-6H2,1-2H3. The minimum Gasteiger partial charge on any atom is -0.247 e. The van der Waals surface area contributed by atoms with Crippen LogP contribution < -0.4 is 0 Å². The van der Waals surface area contributed by atoms with Crippen LogP contribution >= 0.6 is 0 Å². The maximum atomic E-state index is 13.7. The van der Waals surface area contributed by atoms with Crippen LogP contribution in [0.1, 0.15) is 39.5 Å². The summed E-state index contributed by atoms with van der Waals surface area (Å²) in [6.45, 7) is 4.01. The summed E-state index contributed by atoms with van der Waals surface area (Å²) in [5.74, 6) is 1.00. The van der Waals surface area contributed by atoms with Gasteiger partial charge in [0.2, 0.25) is 0 Å². The normalized spacial score (nSPS) is 54.0. The molecule has 0 N–H and O–H groups in total. The number of hydrogen-bond donors (Lipinski definition) is 0. The molecule has 0 bridgehead atoms.